The van der Waals surface area contributed by atoms with Crippen LogP contribution in [0.2, 0.25) is 0 Å². The zero-order chi connectivity index (χ0) is 20.1. The normalized spacial score (nSPS) is 10.2. The van der Waals surface area contributed by atoms with Crippen LogP contribution in [0.15, 0.2) is 72.8 Å². The van der Waals surface area contributed by atoms with E-state index >= 15 is 0 Å². The number of halogens is 1. The van der Waals surface area contributed by atoms with Crippen molar-refractivity contribution in [2.24, 2.45) is 0 Å². The number of ketones is 1. The minimum absolute atomic E-state index is 0.265. The molecule has 3 aromatic rings. The standard InChI is InChI=1S/C22H15FO5/c1-14(24)27-19-12-6-17(7-13-19)22(26)28-20-10-4-16(5-11-20)21(25)15-2-8-18(23)9-3-15/h2-13H,1H3. The van der Waals surface area contributed by atoms with Gasteiger partial charge in [0.1, 0.15) is 17.3 Å². The molecule has 0 amide bonds. The largest absolute Gasteiger partial charge is 0.427 e. The first-order chi connectivity index (χ1) is 13.4. The van der Waals surface area contributed by atoms with Crippen molar-refractivity contribution in [3.05, 3.63) is 95.3 Å². The molecule has 0 radical (unpaired) electrons. The molecule has 0 N–H and O–H groups in total. The van der Waals surface area contributed by atoms with Gasteiger partial charge in [0.2, 0.25) is 0 Å². The average molecular weight is 378 g/mol. The predicted octanol–water partition coefficient (Wildman–Crippen LogP) is 4.20. The molecular weight excluding hydrogens is 363 g/mol. The van der Waals surface area contributed by atoms with Crippen molar-refractivity contribution in [3.8, 4) is 11.5 Å². The Morgan fingerprint density at radius 3 is 1.57 bits per heavy atom. The van der Waals surface area contributed by atoms with E-state index in [1.54, 1.807) is 0 Å². The van der Waals surface area contributed by atoms with Gasteiger partial charge in [-0.25, -0.2) is 9.18 Å². The van der Waals surface area contributed by atoms with Crippen LogP contribution in [-0.4, -0.2) is 17.7 Å². The van der Waals surface area contributed by atoms with Gasteiger partial charge in [0.05, 0.1) is 5.56 Å². The highest BCUT2D eigenvalue weighted by molar-refractivity contribution is 6.09. The number of benzene rings is 3. The number of rotatable bonds is 5. The second-order valence-corrected chi connectivity index (χ2v) is 5.87. The highest BCUT2D eigenvalue weighted by atomic mass is 19.1. The van der Waals surface area contributed by atoms with Crippen LogP contribution in [0.4, 0.5) is 4.39 Å². The van der Waals surface area contributed by atoms with E-state index in [4.69, 9.17) is 9.47 Å². The molecule has 0 bridgehead atoms. The molecule has 5 nitrogen and oxygen atoms in total. The summed E-state index contributed by atoms with van der Waals surface area (Å²) in [5, 5.41) is 0. The van der Waals surface area contributed by atoms with Gasteiger partial charge in [-0.15, -0.1) is 0 Å². The van der Waals surface area contributed by atoms with Crippen LogP contribution in [0.5, 0.6) is 11.5 Å². The maximum Gasteiger partial charge on any atom is 0.343 e. The molecule has 140 valence electrons. The summed E-state index contributed by atoms with van der Waals surface area (Å²) in [6.45, 7) is 1.28. The molecule has 0 aromatic heterocycles. The SMILES string of the molecule is CC(=O)Oc1ccc(C(=O)Oc2ccc(C(=O)c3ccc(F)cc3)cc2)cc1. The summed E-state index contributed by atoms with van der Waals surface area (Å²) in [5.41, 5.74) is 1.03. The van der Waals surface area contributed by atoms with Gasteiger partial charge in [-0.05, 0) is 72.8 Å². The highest BCUT2D eigenvalue weighted by Crippen LogP contribution is 2.18. The lowest BCUT2D eigenvalue weighted by molar-refractivity contribution is -0.131. The van der Waals surface area contributed by atoms with E-state index in [1.165, 1.54) is 79.7 Å². The number of carbonyl (C=O) groups excluding carboxylic acids is 3. The fraction of sp³-hybridized carbons (Fsp3) is 0.0455. The Kier molecular flexibility index (Phi) is 5.60. The molecule has 6 heteroatoms. The molecule has 0 aliphatic rings. The van der Waals surface area contributed by atoms with Crippen molar-refractivity contribution < 1.29 is 28.2 Å². The summed E-state index contributed by atoms with van der Waals surface area (Å²) in [4.78, 5) is 35.4. The zero-order valence-electron chi connectivity index (χ0n) is 14.8. The van der Waals surface area contributed by atoms with Crippen LogP contribution >= 0.6 is 0 Å². The van der Waals surface area contributed by atoms with E-state index < -0.39 is 17.8 Å². The van der Waals surface area contributed by atoms with E-state index in [9.17, 15) is 18.8 Å². The van der Waals surface area contributed by atoms with E-state index in [-0.39, 0.29) is 17.1 Å². The summed E-state index contributed by atoms with van der Waals surface area (Å²) in [7, 11) is 0. The molecule has 0 fully saturated rings. The van der Waals surface area contributed by atoms with Crippen molar-refractivity contribution in [1.82, 2.24) is 0 Å². The van der Waals surface area contributed by atoms with Crippen LogP contribution in [0, 0.1) is 5.82 Å². The summed E-state index contributed by atoms with van der Waals surface area (Å²) in [6, 6.07) is 17.2. The Balaban J connectivity index is 1.66. The summed E-state index contributed by atoms with van der Waals surface area (Å²) in [5.74, 6) is -1.13. The smallest absolute Gasteiger partial charge is 0.343 e. The molecule has 28 heavy (non-hydrogen) atoms. The number of ether oxygens (including phenoxy) is 2. The van der Waals surface area contributed by atoms with Gasteiger partial charge in [0.25, 0.3) is 0 Å². The molecule has 0 spiro atoms. The maximum absolute atomic E-state index is 13.0. The fourth-order valence-electron chi connectivity index (χ4n) is 2.43. The van der Waals surface area contributed by atoms with Crippen LogP contribution in [0.3, 0.4) is 0 Å². The lowest BCUT2D eigenvalue weighted by Crippen LogP contribution is -2.09. The molecule has 0 heterocycles. The number of carbonyl (C=O) groups is 3. The summed E-state index contributed by atoms with van der Waals surface area (Å²) in [6.07, 6.45) is 0. The van der Waals surface area contributed by atoms with Crippen molar-refractivity contribution >= 4 is 17.7 Å². The van der Waals surface area contributed by atoms with Gasteiger partial charge in [0.15, 0.2) is 5.78 Å². The molecule has 0 unspecified atom stereocenters. The van der Waals surface area contributed by atoms with Crippen molar-refractivity contribution in [3.63, 3.8) is 0 Å². The van der Waals surface area contributed by atoms with Crippen molar-refractivity contribution in [1.29, 1.82) is 0 Å². The topological polar surface area (TPSA) is 69.7 Å². The molecule has 0 aliphatic heterocycles. The molecule has 3 aromatic carbocycles. The third-order valence-corrected chi connectivity index (χ3v) is 3.79. The minimum atomic E-state index is -0.591. The van der Waals surface area contributed by atoms with Gasteiger partial charge >= 0.3 is 11.9 Å². The Bertz CT molecular complexity index is 1010. The first kappa shape index (κ1) is 19.0. The van der Waals surface area contributed by atoms with Gasteiger partial charge < -0.3 is 9.47 Å². The summed E-state index contributed by atoms with van der Waals surface area (Å²) >= 11 is 0. The average Bonchev–Trinajstić information content (AvgIpc) is 2.69. The van der Waals surface area contributed by atoms with Crippen LogP contribution in [0.1, 0.15) is 33.2 Å². The Labute approximate surface area is 160 Å². The predicted molar refractivity (Wildman–Crippen MR) is 99.0 cm³/mol. The fourth-order valence-corrected chi connectivity index (χ4v) is 2.43. The highest BCUT2D eigenvalue weighted by Gasteiger charge is 2.12. The van der Waals surface area contributed by atoms with Gasteiger partial charge in [-0.2, -0.15) is 0 Å². The number of hydrogen-bond donors (Lipinski definition) is 0. The zero-order valence-corrected chi connectivity index (χ0v) is 14.8. The lowest BCUT2D eigenvalue weighted by Gasteiger charge is -2.07. The minimum Gasteiger partial charge on any atom is -0.427 e. The van der Waals surface area contributed by atoms with Crippen LogP contribution < -0.4 is 9.47 Å². The first-order valence-electron chi connectivity index (χ1n) is 8.33. The van der Waals surface area contributed by atoms with E-state index in [0.717, 1.165) is 0 Å². The molecule has 0 atom stereocenters. The molecule has 0 aliphatic carbocycles. The molecular formula is C22H15FO5. The number of esters is 2. The van der Waals surface area contributed by atoms with Gasteiger partial charge in [-0.3, -0.25) is 9.59 Å². The monoisotopic (exact) mass is 378 g/mol. The second kappa shape index (κ2) is 8.26. The Hall–Kier alpha value is -3.80. The quantitative estimate of drug-likeness (QED) is 0.378. The van der Waals surface area contributed by atoms with E-state index in [1.807, 2.05) is 0 Å². The maximum atomic E-state index is 13.0. The third-order valence-electron chi connectivity index (χ3n) is 3.79. The Morgan fingerprint density at radius 2 is 1.07 bits per heavy atom. The third kappa shape index (κ3) is 4.67. The molecule has 0 saturated carbocycles. The van der Waals surface area contributed by atoms with Gasteiger partial charge in [-0.1, -0.05) is 0 Å². The summed E-state index contributed by atoms with van der Waals surface area (Å²) < 4.78 is 23.1. The second-order valence-electron chi connectivity index (χ2n) is 5.87. The molecule has 3 rings (SSSR count). The van der Waals surface area contributed by atoms with Gasteiger partial charge in [0, 0.05) is 18.1 Å². The van der Waals surface area contributed by atoms with E-state index in [0.29, 0.717) is 16.9 Å². The lowest BCUT2D eigenvalue weighted by atomic mass is 10.0. The van der Waals surface area contributed by atoms with E-state index in [2.05, 4.69) is 0 Å². The molecule has 0 saturated heterocycles. The first-order valence-corrected chi connectivity index (χ1v) is 8.33. The van der Waals surface area contributed by atoms with Crippen LogP contribution in [0.25, 0.3) is 0 Å². The number of hydrogen-bond acceptors (Lipinski definition) is 5. The van der Waals surface area contributed by atoms with Crippen LogP contribution in [-0.2, 0) is 4.79 Å². The van der Waals surface area contributed by atoms with Crippen molar-refractivity contribution in [2.75, 3.05) is 0 Å². The van der Waals surface area contributed by atoms with Crippen molar-refractivity contribution in [2.45, 2.75) is 6.92 Å². The Morgan fingerprint density at radius 1 is 0.643 bits per heavy atom.